The van der Waals surface area contributed by atoms with E-state index in [2.05, 4.69) is 25.5 Å². The molecule has 0 aliphatic carbocycles. The van der Waals surface area contributed by atoms with Crippen LogP contribution < -0.4 is 10.6 Å². The number of H-pyrrole nitrogens is 1. The van der Waals surface area contributed by atoms with E-state index in [1.54, 1.807) is 24.3 Å². The second-order valence-corrected chi connectivity index (χ2v) is 10.5. The maximum atomic E-state index is 13.0. The highest BCUT2D eigenvalue weighted by atomic mass is 35.5. The van der Waals surface area contributed by atoms with Crippen molar-refractivity contribution in [1.29, 1.82) is 0 Å². The van der Waals surface area contributed by atoms with Gasteiger partial charge in [0.1, 0.15) is 5.69 Å². The molecule has 184 valence electrons. The van der Waals surface area contributed by atoms with Gasteiger partial charge in [-0.25, -0.2) is 9.78 Å². The number of halogens is 1. The van der Waals surface area contributed by atoms with Crippen LogP contribution in [0.1, 0.15) is 37.3 Å². The molecular formula is C23H25ClN6O4S. The van der Waals surface area contributed by atoms with Crippen LogP contribution in [-0.4, -0.2) is 81.5 Å². The molecule has 3 aromatic rings. The molecule has 1 fully saturated rings. The van der Waals surface area contributed by atoms with E-state index in [4.69, 9.17) is 11.6 Å². The maximum Gasteiger partial charge on any atom is 0.407 e. The van der Waals surface area contributed by atoms with E-state index in [0.29, 0.717) is 22.1 Å². The van der Waals surface area contributed by atoms with Crippen molar-refractivity contribution < 1.29 is 19.5 Å². The van der Waals surface area contributed by atoms with Crippen molar-refractivity contribution in [2.45, 2.75) is 31.5 Å². The fourth-order valence-corrected chi connectivity index (χ4v) is 5.84. The number of fused-ring (bicyclic) bond motifs is 2. The van der Waals surface area contributed by atoms with E-state index in [0.717, 1.165) is 41.0 Å². The van der Waals surface area contributed by atoms with Crippen LogP contribution in [0, 0.1) is 0 Å². The van der Waals surface area contributed by atoms with Crippen LogP contribution >= 0.6 is 22.9 Å². The zero-order valence-corrected chi connectivity index (χ0v) is 20.6. The summed E-state index contributed by atoms with van der Waals surface area (Å²) in [5.74, 6) is -0.693. The number of nitrogens with zero attached hydrogens (tertiary/aromatic N) is 3. The minimum absolute atomic E-state index is 0.0667. The summed E-state index contributed by atoms with van der Waals surface area (Å²) in [5.41, 5.74) is 2.05. The predicted octanol–water partition coefficient (Wildman–Crippen LogP) is 2.55. The van der Waals surface area contributed by atoms with Crippen LogP contribution in [0.5, 0.6) is 0 Å². The van der Waals surface area contributed by atoms with Gasteiger partial charge >= 0.3 is 6.09 Å². The molecule has 0 unspecified atom stereocenters. The Labute approximate surface area is 210 Å². The number of hydrogen-bond donors (Lipinski definition) is 4. The average molecular weight is 517 g/mol. The molecular weight excluding hydrogens is 492 g/mol. The summed E-state index contributed by atoms with van der Waals surface area (Å²) in [5, 5.41) is 17.1. The summed E-state index contributed by atoms with van der Waals surface area (Å²) in [6.45, 7) is 2.00. The number of carbonyl (C=O) groups excluding carboxylic acids is 2. The van der Waals surface area contributed by atoms with Crippen LogP contribution in [0.4, 0.5) is 4.79 Å². The molecule has 12 heteroatoms. The molecule has 1 saturated heterocycles. The lowest BCUT2D eigenvalue weighted by Crippen LogP contribution is -2.61. The number of aromatic nitrogens is 2. The number of amides is 3. The first-order chi connectivity index (χ1) is 16.8. The molecule has 5 rings (SSSR count). The van der Waals surface area contributed by atoms with Gasteiger partial charge in [-0.05, 0) is 37.7 Å². The number of nitrogens with one attached hydrogen (secondary N) is 3. The number of piperidine rings is 1. The highest BCUT2D eigenvalue weighted by Crippen LogP contribution is 2.25. The van der Waals surface area contributed by atoms with Crippen molar-refractivity contribution in [2.24, 2.45) is 0 Å². The first-order valence-electron chi connectivity index (χ1n) is 11.3. The van der Waals surface area contributed by atoms with E-state index < -0.39 is 18.2 Å². The normalized spacial score (nSPS) is 20.5. The molecule has 0 radical (unpaired) electrons. The summed E-state index contributed by atoms with van der Waals surface area (Å²) in [7, 11) is 2.04. The lowest BCUT2D eigenvalue weighted by Gasteiger charge is -2.37. The molecule has 0 saturated carbocycles. The lowest BCUT2D eigenvalue weighted by molar-refractivity contribution is 0.0792. The molecule has 35 heavy (non-hydrogen) atoms. The molecule has 1 aromatic carbocycles. The average Bonchev–Trinajstić information content (AvgIpc) is 3.43. The number of thiazole rings is 1. The van der Waals surface area contributed by atoms with Gasteiger partial charge in [0.05, 0.1) is 17.8 Å². The monoisotopic (exact) mass is 516 g/mol. The van der Waals surface area contributed by atoms with Gasteiger partial charge in [0.25, 0.3) is 11.8 Å². The van der Waals surface area contributed by atoms with Crippen molar-refractivity contribution >= 4 is 51.7 Å². The molecule has 10 nitrogen and oxygen atoms in total. The molecule has 2 aromatic heterocycles. The predicted molar refractivity (Wildman–Crippen MR) is 132 cm³/mol. The Kier molecular flexibility index (Phi) is 6.39. The second kappa shape index (κ2) is 9.48. The van der Waals surface area contributed by atoms with Gasteiger partial charge in [0.15, 0.2) is 5.01 Å². The third kappa shape index (κ3) is 4.97. The van der Waals surface area contributed by atoms with E-state index >= 15 is 0 Å². The number of benzene rings is 1. The third-order valence-corrected chi connectivity index (χ3v) is 7.78. The first kappa shape index (κ1) is 23.6. The Hall–Kier alpha value is -3.15. The zero-order valence-electron chi connectivity index (χ0n) is 19.0. The molecule has 4 heterocycles. The first-order valence-corrected chi connectivity index (χ1v) is 12.5. The molecule has 2 atom stereocenters. The minimum Gasteiger partial charge on any atom is -0.465 e. The number of carbonyl (C=O) groups is 3. The summed E-state index contributed by atoms with van der Waals surface area (Å²) in [6, 6.07) is 5.92. The zero-order chi connectivity index (χ0) is 24.7. The molecule has 0 spiro atoms. The van der Waals surface area contributed by atoms with Crippen LogP contribution in [0.15, 0.2) is 24.3 Å². The molecule has 0 bridgehead atoms. The highest BCUT2D eigenvalue weighted by molar-refractivity contribution is 7.13. The van der Waals surface area contributed by atoms with Gasteiger partial charge in [0.2, 0.25) is 0 Å². The van der Waals surface area contributed by atoms with Crippen molar-refractivity contribution in [3.8, 4) is 0 Å². The van der Waals surface area contributed by atoms with Crippen LogP contribution in [0.3, 0.4) is 0 Å². The minimum atomic E-state index is -1.06. The SMILES string of the molecule is CN1CCc2nc(C(=O)N[C@H]3CCN(C(=O)O)C[C@H]3NC(=O)c3cc4cc(Cl)ccc4[nH]3)sc2C1. The van der Waals surface area contributed by atoms with Crippen molar-refractivity contribution in [3.05, 3.63) is 50.6 Å². The molecule has 2 aliphatic heterocycles. The van der Waals surface area contributed by atoms with Gasteiger partial charge in [0, 0.05) is 53.4 Å². The van der Waals surface area contributed by atoms with E-state index in [-0.39, 0.29) is 24.9 Å². The number of likely N-dealkylation sites (tertiary alicyclic amines) is 1. The summed E-state index contributed by atoms with van der Waals surface area (Å²) < 4.78 is 0. The number of carboxylic acid groups (broad SMARTS) is 1. The number of hydrogen-bond acceptors (Lipinski definition) is 6. The van der Waals surface area contributed by atoms with Crippen molar-refractivity contribution in [2.75, 3.05) is 26.7 Å². The van der Waals surface area contributed by atoms with Crippen molar-refractivity contribution in [1.82, 2.24) is 30.4 Å². The standard InChI is InChI=1S/C23H25ClN6O4S/c1-29-6-4-16-19(11-29)35-22(28-16)21(32)26-15-5-7-30(23(33)34)10-18(15)27-20(31)17-9-12-8-13(24)2-3-14(12)25-17/h2-3,8-9,15,18,25H,4-7,10-11H2,1H3,(H,26,32)(H,27,31)(H,33,34)/t15-,18+/m0/s1. The third-order valence-electron chi connectivity index (χ3n) is 6.46. The molecule has 4 N–H and O–H groups in total. The lowest BCUT2D eigenvalue weighted by atomic mass is 9.99. The van der Waals surface area contributed by atoms with Gasteiger partial charge < -0.3 is 30.5 Å². The topological polar surface area (TPSA) is 131 Å². The van der Waals surface area contributed by atoms with Gasteiger partial charge in [-0.3, -0.25) is 9.59 Å². The Balaban J connectivity index is 1.32. The van der Waals surface area contributed by atoms with Crippen molar-refractivity contribution in [3.63, 3.8) is 0 Å². The number of aromatic amines is 1. The van der Waals surface area contributed by atoms with Gasteiger partial charge in [-0.2, -0.15) is 0 Å². The largest absolute Gasteiger partial charge is 0.465 e. The maximum absolute atomic E-state index is 13.0. The Morgan fingerprint density at radius 1 is 1.17 bits per heavy atom. The Bertz CT molecular complexity index is 1310. The smallest absolute Gasteiger partial charge is 0.407 e. The summed E-state index contributed by atoms with van der Waals surface area (Å²) in [4.78, 5) is 49.8. The molecule has 3 amide bonds. The second-order valence-electron chi connectivity index (χ2n) is 8.97. The highest BCUT2D eigenvalue weighted by Gasteiger charge is 2.35. The number of likely N-dealkylation sites (N-methyl/N-ethyl adjacent to an activating group) is 1. The van der Waals surface area contributed by atoms with Crippen LogP contribution in [0.2, 0.25) is 5.02 Å². The van der Waals surface area contributed by atoms with E-state index in [1.807, 2.05) is 7.05 Å². The Morgan fingerprint density at radius 3 is 2.77 bits per heavy atom. The quantitative estimate of drug-likeness (QED) is 0.421. The summed E-state index contributed by atoms with van der Waals surface area (Å²) >= 11 is 7.43. The fraction of sp³-hybridized carbons (Fsp3) is 0.391. The summed E-state index contributed by atoms with van der Waals surface area (Å²) in [6.07, 6.45) is 0.117. The van der Waals surface area contributed by atoms with Gasteiger partial charge in [-0.1, -0.05) is 11.6 Å². The van der Waals surface area contributed by atoms with Gasteiger partial charge in [-0.15, -0.1) is 11.3 Å². The molecule has 2 aliphatic rings. The Morgan fingerprint density at radius 2 is 1.97 bits per heavy atom. The van der Waals surface area contributed by atoms with Crippen LogP contribution in [-0.2, 0) is 13.0 Å². The fourth-order valence-electron chi connectivity index (χ4n) is 4.57. The van der Waals surface area contributed by atoms with E-state index in [1.165, 1.54) is 16.2 Å². The number of rotatable bonds is 4. The van der Waals surface area contributed by atoms with Crippen LogP contribution in [0.25, 0.3) is 10.9 Å². The van der Waals surface area contributed by atoms with E-state index in [9.17, 15) is 19.5 Å².